The van der Waals surface area contributed by atoms with Gasteiger partial charge >= 0.3 is 5.69 Å². The summed E-state index contributed by atoms with van der Waals surface area (Å²) >= 11 is 8.29. The topological polar surface area (TPSA) is 56.0 Å². The van der Waals surface area contributed by atoms with E-state index >= 15 is 0 Å². The molecule has 4 nitrogen and oxygen atoms in total. The Labute approximate surface area is 96.5 Å². The molecule has 1 aromatic rings. The summed E-state index contributed by atoms with van der Waals surface area (Å²) in [5, 5.41) is 10.5. The number of pyridine rings is 1. The minimum absolute atomic E-state index is 0.0483. The zero-order valence-corrected chi connectivity index (χ0v) is 9.43. The average molecular weight is 301 g/mol. The van der Waals surface area contributed by atoms with E-state index in [1.54, 1.807) is 0 Å². The molecule has 1 aromatic heterocycles. The molecule has 0 aliphatic heterocycles. The average Bonchev–Trinajstić information content (AvgIpc) is 2.16. The molecule has 0 bridgehead atoms. The third-order valence-electron chi connectivity index (χ3n) is 1.66. The van der Waals surface area contributed by atoms with Gasteiger partial charge in [0, 0.05) is 5.56 Å². The lowest BCUT2D eigenvalue weighted by Crippen LogP contribution is -2.01. The molecule has 0 saturated heterocycles. The lowest BCUT2D eigenvalue weighted by atomic mass is 10.2. The fourth-order valence-corrected chi connectivity index (χ4v) is 2.00. The number of hydrogen-bond acceptors (Lipinski definition) is 3. The van der Waals surface area contributed by atoms with Gasteiger partial charge in [0.25, 0.3) is 6.43 Å². The van der Waals surface area contributed by atoms with Crippen LogP contribution in [-0.2, 0) is 5.88 Å². The standard InChI is InChI=1S/C7H4BrClF2N2O2/c8-5-3(1-9)6(7(10)11)12-2-4(5)13(14)15/h2,7H,1H2. The van der Waals surface area contributed by atoms with Gasteiger partial charge in [-0.15, -0.1) is 11.6 Å². The molecule has 0 aliphatic carbocycles. The van der Waals surface area contributed by atoms with Crippen molar-refractivity contribution in [1.29, 1.82) is 0 Å². The first-order valence-electron chi connectivity index (χ1n) is 3.64. The maximum absolute atomic E-state index is 12.4. The zero-order valence-electron chi connectivity index (χ0n) is 7.08. The minimum Gasteiger partial charge on any atom is -0.258 e. The molecular formula is C7H4BrClF2N2O2. The van der Waals surface area contributed by atoms with Gasteiger partial charge in [-0.25, -0.2) is 13.8 Å². The van der Waals surface area contributed by atoms with Gasteiger partial charge in [-0.1, -0.05) is 0 Å². The highest BCUT2D eigenvalue weighted by Gasteiger charge is 2.23. The third kappa shape index (κ3) is 2.40. The van der Waals surface area contributed by atoms with Crippen LogP contribution in [0, 0.1) is 10.1 Å². The van der Waals surface area contributed by atoms with Crippen molar-refractivity contribution in [2.75, 3.05) is 0 Å². The van der Waals surface area contributed by atoms with Crippen LogP contribution in [0.1, 0.15) is 17.7 Å². The summed E-state index contributed by atoms with van der Waals surface area (Å²) in [6.45, 7) is 0. The van der Waals surface area contributed by atoms with E-state index in [0.717, 1.165) is 6.20 Å². The number of hydrogen-bond donors (Lipinski definition) is 0. The number of rotatable bonds is 3. The summed E-state index contributed by atoms with van der Waals surface area (Å²) in [4.78, 5) is 13.1. The van der Waals surface area contributed by atoms with Crippen LogP contribution in [0.2, 0.25) is 0 Å². The quantitative estimate of drug-likeness (QED) is 0.488. The van der Waals surface area contributed by atoms with E-state index in [4.69, 9.17) is 11.6 Å². The molecule has 0 spiro atoms. The molecule has 8 heteroatoms. The van der Waals surface area contributed by atoms with Gasteiger partial charge in [0.1, 0.15) is 16.4 Å². The van der Waals surface area contributed by atoms with Crippen LogP contribution >= 0.6 is 27.5 Å². The van der Waals surface area contributed by atoms with Crippen LogP contribution in [0.4, 0.5) is 14.5 Å². The summed E-state index contributed by atoms with van der Waals surface area (Å²) < 4.78 is 24.8. The Bertz CT molecular complexity index is 403. The third-order valence-corrected chi connectivity index (χ3v) is 2.81. The molecule has 0 unspecified atom stereocenters. The zero-order chi connectivity index (χ0) is 11.6. The molecule has 0 radical (unpaired) electrons. The number of nitro groups is 1. The van der Waals surface area contributed by atoms with E-state index in [-0.39, 0.29) is 21.6 Å². The number of nitrogens with zero attached hydrogens (tertiary/aromatic N) is 2. The maximum Gasteiger partial charge on any atom is 0.301 e. The highest BCUT2D eigenvalue weighted by atomic mass is 79.9. The van der Waals surface area contributed by atoms with Crippen LogP contribution in [0.5, 0.6) is 0 Å². The monoisotopic (exact) mass is 300 g/mol. The Morgan fingerprint density at radius 3 is 2.67 bits per heavy atom. The molecule has 0 aliphatic rings. The molecule has 0 saturated carbocycles. The first-order chi connectivity index (χ1) is 6.99. The molecule has 0 fully saturated rings. The van der Waals surface area contributed by atoms with Gasteiger partial charge in [0.2, 0.25) is 0 Å². The Morgan fingerprint density at radius 1 is 1.67 bits per heavy atom. The van der Waals surface area contributed by atoms with Crippen LogP contribution in [-0.4, -0.2) is 9.91 Å². The van der Waals surface area contributed by atoms with Crippen molar-refractivity contribution in [3.8, 4) is 0 Å². The first-order valence-corrected chi connectivity index (χ1v) is 4.97. The van der Waals surface area contributed by atoms with E-state index in [0.29, 0.717) is 0 Å². The normalized spacial score (nSPS) is 10.7. The largest absolute Gasteiger partial charge is 0.301 e. The number of alkyl halides is 3. The van der Waals surface area contributed by atoms with Crippen LogP contribution in [0.3, 0.4) is 0 Å². The second-order valence-electron chi connectivity index (χ2n) is 2.51. The molecule has 15 heavy (non-hydrogen) atoms. The van der Waals surface area contributed by atoms with Gasteiger partial charge < -0.3 is 0 Å². The second kappa shape index (κ2) is 4.80. The molecule has 1 heterocycles. The predicted octanol–water partition coefficient (Wildman–Crippen LogP) is 3.43. The Balaban J connectivity index is 3.39. The van der Waals surface area contributed by atoms with Crippen molar-refractivity contribution in [3.63, 3.8) is 0 Å². The van der Waals surface area contributed by atoms with E-state index in [2.05, 4.69) is 20.9 Å². The van der Waals surface area contributed by atoms with Gasteiger partial charge in [-0.2, -0.15) is 0 Å². The van der Waals surface area contributed by atoms with Crippen LogP contribution in [0.15, 0.2) is 10.7 Å². The second-order valence-corrected chi connectivity index (χ2v) is 3.57. The van der Waals surface area contributed by atoms with E-state index < -0.39 is 17.0 Å². The predicted molar refractivity (Wildman–Crippen MR) is 53.1 cm³/mol. The van der Waals surface area contributed by atoms with Crippen molar-refractivity contribution < 1.29 is 13.7 Å². The lowest BCUT2D eigenvalue weighted by molar-refractivity contribution is -0.386. The Kier molecular flexibility index (Phi) is 3.92. The molecular weight excluding hydrogens is 297 g/mol. The number of aromatic nitrogens is 1. The van der Waals surface area contributed by atoms with Crippen molar-refractivity contribution in [2.24, 2.45) is 0 Å². The summed E-state index contributed by atoms with van der Waals surface area (Å²) in [5.41, 5.74) is -0.974. The smallest absolute Gasteiger partial charge is 0.258 e. The van der Waals surface area contributed by atoms with Crippen molar-refractivity contribution in [3.05, 3.63) is 32.0 Å². The highest BCUT2D eigenvalue weighted by Crippen LogP contribution is 2.34. The number of halogens is 4. The molecule has 0 amide bonds. The molecule has 0 atom stereocenters. The van der Waals surface area contributed by atoms with Crippen molar-refractivity contribution in [1.82, 2.24) is 4.98 Å². The van der Waals surface area contributed by atoms with Crippen LogP contribution < -0.4 is 0 Å². The fraction of sp³-hybridized carbons (Fsp3) is 0.286. The van der Waals surface area contributed by atoms with Crippen molar-refractivity contribution >= 4 is 33.2 Å². The fourth-order valence-electron chi connectivity index (χ4n) is 0.975. The first kappa shape index (κ1) is 12.3. The van der Waals surface area contributed by atoms with E-state index in [9.17, 15) is 18.9 Å². The van der Waals surface area contributed by atoms with Gasteiger partial charge in [-0.3, -0.25) is 10.1 Å². The SMILES string of the molecule is O=[N+]([O-])c1cnc(C(F)F)c(CCl)c1Br. The van der Waals surface area contributed by atoms with Crippen molar-refractivity contribution in [2.45, 2.75) is 12.3 Å². The van der Waals surface area contributed by atoms with Gasteiger partial charge in [0.05, 0.1) is 10.8 Å². The molecule has 0 N–H and O–H groups in total. The van der Waals surface area contributed by atoms with Gasteiger partial charge in [0.15, 0.2) is 0 Å². The minimum atomic E-state index is -2.81. The Morgan fingerprint density at radius 2 is 2.27 bits per heavy atom. The molecule has 0 aromatic carbocycles. The summed E-state index contributed by atoms with van der Waals surface area (Å²) in [5.74, 6) is -0.269. The summed E-state index contributed by atoms with van der Waals surface area (Å²) in [6.07, 6.45) is -2.03. The Hall–Kier alpha value is -0.820. The van der Waals surface area contributed by atoms with Crippen LogP contribution in [0.25, 0.3) is 0 Å². The lowest BCUT2D eigenvalue weighted by Gasteiger charge is -2.07. The highest BCUT2D eigenvalue weighted by molar-refractivity contribution is 9.10. The molecule has 1 rings (SSSR count). The van der Waals surface area contributed by atoms with E-state index in [1.807, 2.05) is 0 Å². The van der Waals surface area contributed by atoms with Gasteiger partial charge in [-0.05, 0) is 15.9 Å². The summed E-state index contributed by atoms with van der Waals surface area (Å²) in [7, 11) is 0. The summed E-state index contributed by atoms with van der Waals surface area (Å²) in [6, 6.07) is 0. The molecule has 82 valence electrons. The van der Waals surface area contributed by atoms with E-state index in [1.165, 1.54) is 0 Å². The maximum atomic E-state index is 12.4.